The molecule has 0 saturated carbocycles. The van der Waals surface area contributed by atoms with Crippen molar-refractivity contribution in [2.75, 3.05) is 18.1 Å². The summed E-state index contributed by atoms with van der Waals surface area (Å²) in [6, 6.07) is 7.76. The third-order valence-corrected chi connectivity index (χ3v) is 10.4. The van der Waals surface area contributed by atoms with Crippen molar-refractivity contribution in [3.05, 3.63) is 79.2 Å². The van der Waals surface area contributed by atoms with Crippen LogP contribution in [0.3, 0.4) is 0 Å². The maximum absolute atomic E-state index is 14.5. The minimum Gasteiger partial charge on any atom is -0.494 e. The van der Waals surface area contributed by atoms with Crippen molar-refractivity contribution in [2.24, 2.45) is 7.05 Å². The van der Waals surface area contributed by atoms with E-state index in [9.17, 15) is 14.7 Å². The summed E-state index contributed by atoms with van der Waals surface area (Å²) in [6.07, 6.45) is 3.19. The molecule has 0 unspecified atom stereocenters. The van der Waals surface area contributed by atoms with Gasteiger partial charge in [0.2, 0.25) is 0 Å². The van der Waals surface area contributed by atoms with E-state index in [0.29, 0.717) is 54.8 Å². The maximum Gasteiger partial charge on any atom is 0.347 e. The summed E-state index contributed by atoms with van der Waals surface area (Å²) in [7, 11) is 1.91. The molecule has 6 rings (SSSR count). The van der Waals surface area contributed by atoms with Gasteiger partial charge >= 0.3 is 5.97 Å². The third-order valence-electron chi connectivity index (χ3n) is 8.43. The second-order valence-electron chi connectivity index (χ2n) is 11.4. The van der Waals surface area contributed by atoms with Crippen molar-refractivity contribution in [3.8, 4) is 16.9 Å². The van der Waals surface area contributed by atoms with E-state index in [1.165, 1.54) is 6.20 Å². The van der Waals surface area contributed by atoms with Crippen molar-refractivity contribution < 1.29 is 19.4 Å². The molecule has 3 aromatic heterocycles. The molecule has 1 aliphatic heterocycles. The molecule has 45 heavy (non-hydrogen) atoms. The van der Waals surface area contributed by atoms with Crippen LogP contribution in [0.4, 0.5) is 5.13 Å². The highest BCUT2D eigenvalue weighted by Crippen LogP contribution is 2.43. The Morgan fingerprint density at radius 2 is 1.82 bits per heavy atom. The van der Waals surface area contributed by atoms with E-state index < -0.39 is 5.97 Å². The molecule has 1 aliphatic rings. The molecule has 1 N–H and O–H groups in total. The molecule has 2 aromatic carbocycles. The summed E-state index contributed by atoms with van der Waals surface area (Å²) >= 11 is 14.3. The average Bonchev–Trinajstić information content (AvgIpc) is 3.63. The van der Waals surface area contributed by atoms with Gasteiger partial charge in [-0.15, -0.1) is 0 Å². The first kappa shape index (κ1) is 31.1. The maximum atomic E-state index is 14.5. The number of benzene rings is 2. The number of carbonyl (C=O) groups excluding carboxylic acids is 1. The third kappa shape index (κ3) is 5.49. The van der Waals surface area contributed by atoms with Crippen LogP contribution in [0.25, 0.3) is 22.0 Å². The number of anilines is 1. The molecule has 5 aromatic rings. The Balaban J connectivity index is 1.46. The van der Waals surface area contributed by atoms with Crippen LogP contribution in [-0.4, -0.2) is 49.5 Å². The number of aromatic nitrogens is 4. The Kier molecular flexibility index (Phi) is 8.41. The average molecular weight is 667 g/mol. The number of thiazole rings is 1. The van der Waals surface area contributed by atoms with Gasteiger partial charge in [0.25, 0.3) is 5.91 Å². The summed E-state index contributed by atoms with van der Waals surface area (Å²) in [6.45, 7) is 9.34. The highest BCUT2D eigenvalue weighted by molar-refractivity contribution is 7.17. The molecular weight excluding hydrogens is 633 g/mol. The van der Waals surface area contributed by atoms with Crippen LogP contribution in [0, 0.1) is 27.7 Å². The number of halogens is 2. The van der Waals surface area contributed by atoms with Gasteiger partial charge in [0.15, 0.2) is 5.13 Å². The molecule has 0 aliphatic carbocycles. The number of rotatable bonds is 8. The second-order valence-corrected chi connectivity index (χ2v) is 13.2. The predicted octanol–water partition coefficient (Wildman–Crippen LogP) is 7.80. The summed E-state index contributed by atoms with van der Waals surface area (Å²) in [5.41, 5.74) is 7.93. The number of hydrogen-bond acceptors (Lipinski definition) is 6. The van der Waals surface area contributed by atoms with Crippen LogP contribution in [0.2, 0.25) is 10.0 Å². The number of carboxylic acid groups (broad SMARTS) is 1. The molecule has 1 amide bonds. The van der Waals surface area contributed by atoms with Crippen LogP contribution in [0.1, 0.15) is 61.1 Å². The van der Waals surface area contributed by atoms with Gasteiger partial charge in [-0.25, -0.2) is 9.78 Å². The van der Waals surface area contributed by atoms with Crippen molar-refractivity contribution in [2.45, 2.75) is 53.5 Å². The van der Waals surface area contributed by atoms with Gasteiger partial charge in [-0.2, -0.15) is 5.10 Å². The first-order valence-electron chi connectivity index (χ1n) is 14.7. The molecule has 234 valence electrons. The molecular formula is C33H33Cl2N5O4S. The van der Waals surface area contributed by atoms with E-state index in [1.54, 1.807) is 4.90 Å². The summed E-state index contributed by atoms with van der Waals surface area (Å²) in [4.78, 5) is 32.1. The summed E-state index contributed by atoms with van der Waals surface area (Å²) in [5.74, 6) is -0.522. The standard InChI is InChI=1S/C33H33Cl2N5O4S/c1-17-14-21(15-18(2)28(17)35)44-13-6-8-22-23-9-10-24(34)27(26-19(3)37-38(5)20(26)4)29(23)39-11-7-12-40(31(41)30(22)39)33-36-16-25(45-33)32(42)43/h9-10,14-16H,6-8,11-13H2,1-5H3,(H,42,43). The molecule has 0 atom stereocenters. The quantitative estimate of drug-likeness (QED) is 0.170. The molecule has 0 saturated heterocycles. The molecule has 4 heterocycles. The second kappa shape index (κ2) is 12.2. The Bertz CT molecular complexity index is 1970. The SMILES string of the molecule is Cc1cc(OCCCc2c3n(c4c(-c5c(C)nn(C)c5C)c(Cl)ccc24)CCCN(c2ncc(C(=O)O)s2)C3=O)cc(C)c1Cl. The smallest absolute Gasteiger partial charge is 0.347 e. The van der Waals surface area contributed by atoms with Gasteiger partial charge in [-0.3, -0.25) is 14.4 Å². The van der Waals surface area contributed by atoms with Gasteiger partial charge in [-0.05, 0) is 81.8 Å². The highest BCUT2D eigenvalue weighted by Gasteiger charge is 2.33. The lowest BCUT2D eigenvalue weighted by atomic mass is 9.98. The monoisotopic (exact) mass is 665 g/mol. The minimum atomic E-state index is -1.07. The van der Waals surface area contributed by atoms with E-state index in [-0.39, 0.29) is 10.8 Å². The number of hydrogen-bond donors (Lipinski definition) is 1. The van der Waals surface area contributed by atoms with Gasteiger partial charge in [0, 0.05) is 47.4 Å². The van der Waals surface area contributed by atoms with Crippen LogP contribution in [0.15, 0.2) is 30.5 Å². The van der Waals surface area contributed by atoms with Crippen molar-refractivity contribution in [1.82, 2.24) is 19.3 Å². The summed E-state index contributed by atoms with van der Waals surface area (Å²) < 4.78 is 10.1. The summed E-state index contributed by atoms with van der Waals surface area (Å²) in [5, 5.41) is 16.8. The molecule has 9 nitrogen and oxygen atoms in total. The molecule has 0 radical (unpaired) electrons. The Hall–Kier alpha value is -3.86. The fraction of sp³-hybridized carbons (Fsp3) is 0.333. The van der Waals surface area contributed by atoms with Crippen LogP contribution in [-0.2, 0) is 20.0 Å². The van der Waals surface area contributed by atoms with Crippen molar-refractivity contribution in [1.29, 1.82) is 0 Å². The number of aromatic carboxylic acids is 1. The Morgan fingerprint density at radius 3 is 2.47 bits per heavy atom. The Morgan fingerprint density at radius 1 is 1.09 bits per heavy atom. The fourth-order valence-corrected chi connectivity index (χ4v) is 7.44. The van der Waals surface area contributed by atoms with E-state index in [1.807, 2.05) is 63.7 Å². The zero-order valence-corrected chi connectivity index (χ0v) is 28.0. The fourth-order valence-electron chi connectivity index (χ4n) is 6.30. The van der Waals surface area contributed by atoms with E-state index in [4.69, 9.17) is 27.9 Å². The topological polar surface area (TPSA) is 102 Å². The first-order valence-corrected chi connectivity index (χ1v) is 16.3. The largest absolute Gasteiger partial charge is 0.494 e. The molecule has 0 fully saturated rings. The van der Waals surface area contributed by atoms with E-state index in [2.05, 4.69) is 14.6 Å². The number of carboxylic acids is 1. The molecule has 0 bridgehead atoms. The number of nitrogens with zero attached hydrogens (tertiary/aromatic N) is 5. The number of aryl methyl sites for hydroxylation is 6. The Labute approximate surface area is 275 Å². The van der Waals surface area contributed by atoms with E-state index in [0.717, 1.165) is 72.2 Å². The van der Waals surface area contributed by atoms with Crippen molar-refractivity contribution in [3.63, 3.8) is 0 Å². The highest BCUT2D eigenvalue weighted by atomic mass is 35.5. The van der Waals surface area contributed by atoms with Crippen LogP contribution < -0.4 is 9.64 Å². The lowest BCUT2D eigenvalue weighted by Gasteiger charge is -2.18. The predicted molar refractivity (Wildman–Crippen MR) is 179 cm³/mol. The number of fused-ring (bicyclic) bond motifs is 3. The van der Waals surface area contributed by atoms with Gasteiger partial charge in [0.05, 0.1) is 29.0 Å². The lowest BCUT2D eigenvalue weighted by molar-refractivity contribution is 0.0701. The molecule has 0 spiro atoms. The first-order chi connectivity index (χ1) is 21.5. The minimum absolute atomic E-state index is 0.0873. The zero-order chi connectivity index (χ0) is 32.2. The van der Waals surface area contributed by atoms with E-state index >= 15 is 0 Å². The van der Waals surface area contributed by atoms with Crippen LogP contribution in [0.5, 0.6) is 5.75 Å². The number of ether oxygens (including phenoxy) is 1. The lowest BCUT2D eigenvalue weighted by Crippen LogP contribution is -2.31. The molecule has 12 heteroatoms. The normalized spacial score (nSPS) is 13.4. The number of carbonyl (C=O) groups is 2. The zero-order valence-electron chi connectivity index (χ0n) is 25.7. The van der Waals surface area contributed by atoms with Gasteiger partial charge in [0.1, 0.15) is 16.3 Å². The van der Waals surface area contributed by atoms with Gasteiger partial charge < -0.3 is 14.4 Å². The number of amides is 1. The van der Waals surface area contributed by atoms with Crippen molar-refractivity contribution >= 4 is 62.4 Å². The van der Waals surface area contributed by atoms with Gasteiger partial charge in [-0.1, -0.05) is 40.6 Å². The van der Waals surface area contributed by atoms with Crippen LogP contribution >= 0.6 is 34.5 Å².